The van der Waals surface area contributed by atoms with Crippen LogP contribution in [0.1, 0.15) is 5.56 Å². The molecule has 0 radical (unpaired) electrons. The lowest BCUT2D eigenvalue weighted by atomic mass is 10.00. The van der Waals surface area contributed by atoms with E-state index in [4.69, 9.17) is 21.6 Å². The van der Waals surface area contributed by atoms with E-state index in [-0.39, 0.29) is 10.8 Å². The topological polar surface area (TPSA) is 50.7 Å². The number of fused-ring (bicyclic) bond motifs is 1. The summed E-state index contributed by atoms with van der Waals surface area (Å²) >= 11 is 5.97. The molecule has 0 unspecified atom stereocenters. The maximum absolute atomic E-state index is 13.9. The first kappa shape index (κ1) is 21.0. The molecule has 7 heteroatoms. The fourth-order valence-corrected chi connectivity index (χ4v) is 3.81. The zero-order chi connectivity index (χ0) is 22.9. The SMILES string of the molecule is Cc1cc(-c2cccc3c(Nc4ccc(F)c(Cl)c4)nc(-c4cccnc4)nc23)ccc1F. The first-order chi connectivity index (χ1) is 16.0. The zero-order valence-electron chi connectivity index (χ0n) is 17.5. The summed E-state index contributed by atoms with van der Waals surface area (Å²) in [5.41, 5.74) is 4.24. The van der Waals surface area contributed by atoms with Crippen LogP contribution in [0.5, 0.6) is 0 Å². The number of anilines is 2. The van der Waals surface area contributed by atoms with Crippen LogP contribution in [0.4, 0.5) is 20.3 Å². The molecule has 0 spiro atoms. The Hall–Kier alpha value is -3.90. The van der Waals surface area contributed by atoms with Crippen LogP contribution in [0, 0.1) is 18.6 Å². The molecule has 2 heterocycles. The number of rotatable bonds is 4. The summed E-state index contributed by atoms with van der Waals surface area (Å²) in [5, 5.41) is 4.00. The number of aromatic nitrogens is 3. The molecule has 33 heavy (non-hydrogen) atoms. The minimum Gasteiger partial charge on any atom is -0.340 e. The number of benzene rings is 3. The van der Waals surface area contributed by atoms with E-state index in [1.165, 1.54) is 18.2 Å². The highest BCUT2D eigenvalue weighted by Gasteiger charge is 2.15. The number of halogens is 3. The van der Waals surface area contributed by atoms with Gasteiger partial charge in [-0.3, -0.25) is 4.98 Å². The molecule has 0 atom stereocenters. The van der Waals surface area contributed by atoms with Crippen molar-refractivity contribution < 1.29 is 8.78 Å². The highest BCUT2D eigenvalue weighted by atomic mass is 35.5. The van der Waals surface area contributed by atoms with Gasteiger partial charge in [0.2, 0.25) is 0 Å². The molecular formula is C26H17ClF2N4. The summed E-state index contributed by atoms with van der Waals surface area (Å²) in [6.07, 6.45) is 3.36. The van der Waals surface area contributed by atoms with Crippen molar-refractivity contribution in [2.24, 2.45) is 0 Å². The zero-order valence-corrected chi connectivity index (χ0v) is 18.2. The molecule has 0 amide bonds. The third-order valence-corrected chi connectivity index (χ3v) is 5.59. The van der Waals surface area contributed by atoms with E-state index in [0.29, 0.717) is 28.4 Å². The van der Waals surface area contributed by atoms with Crippen molar-refractivity contribution in [3.05, 3.63) is 101 Å². The van der Waals surface area contributed by atoms with Crippen LogP contribution in [0.15, 0.2) is 79.1 Å². The van der Waals surface area contributed by atoms with Gasteiger partial charge in [0.05, 0.1) is 10.5 Å². The summed E-state index contributed by atoms with van der Waals surface area (Å²) in [7, 11) is 0. The standard InChI is InChI=1S/C26H17ClF2N4/c1-15-12-16(7-9-22(15)28)19-5-2-6-20-24(19)32-25(17-4-3-11-30-14-17)33-26(20)31-18-8-10-23(29)21(27)13-18/h2-14H,1H3,(H,31,32,33). The third-order valence-electron chi connectivity index (χ3n) is 5.30. The predicted molar refractivity (Wildman–Crippen MR) is 128 cm³/mol. The number of aryl methyl sites for hydroxylation is 1. The molecule has 0 saturated carbocycles. The summed E-state index contributed by atoms with van der Waals surface area (Å²) in [6, 6.07) is 18.8. The molecule has 0 aliphatic heterocycles. The van der Waals surface area contributed by atoms with Gasteiger partial charge in [-0.05, 0) is 66.6 Å². The second kappa shape index (κ2) is 8.56. The molecule has 4 nitrogen and oxygen atoms in total. The largest absolute Gasteiger partial charge is 0.340 e. The molecule has 1 N–H and O–H groups in total. The van der Waals surface area contributed by atoms with Crippen LogP contribution in [0.2, 0.25) is 5.02 Å². The Labute approximate surface area is 193 Å². The van der Waals surface area contributed by atoms with E-state index in [2.05, 4.69) is 10.3 Å². The monoisotopic (exact) mass is 458 g/mol. The Morgan fingerprint density at radius 2 is 1.70 bits per heavy atom. The van der Waals surface area contributed by atoms with Gasteiger partial charge in [-0.15, -0.1) is 0 Å². The van der Waals surface area contributed by atoms with E-state index in [0.717, 1.165) is 22.1 Å². The Balaban J connectivity index is 1.74. The first-order valence-corrected chi connectivity index (χ1v) is 10.6. The summed E-state index contributed by atoms with van der Waals surface area (Å²) in [5.74, 6) is 0.236. The van der Waals surface area contributed by atoms with Crippen LogP contribution in [0.25, 0.3) is 33.4 Å². The van der Waals surface area contributed by atoms with Gasteiger partial charge in [-0.1, -0.05) is 29.8 Å². The van der Waals surface area contributed by atoms with Crippen molar-refractivity contribution in [3.8, 4) is 22.5 Å². The Kier molecular flexibility index (Phi) is 5.44. The fraction of sp³-hybridized carbons (Fsp3) is 0.0385. The van der Waals surface area contributed by atoms with E-state index in [1.54, 1.807) is 37.5 Å². The molecule has 0 bridgehead atoms. The summed E-state index contributed by atoms with van der Waals surface area (Å²) in [4.78, 5) is 13.7. The minimum atomic E-state index is -0.500. The number of para-hydroxylation sites is 1. The molecule has 0 saturated heterocycles. The van der Waals surface area contributed by atoms with Gasteiger partial charge in [-0.2, -0.15) is 0 Å². The Morgan fingerprint density at radius 1 is 0.848 bits per heavy atom. The van der Waals surface area contributed by atoms with Crippen LogP contribution in [0.3, 0.4) is 0 Å². The lowest BCUT2D eigenvalue weighted by Gasteiger charge is -2.14. The maximum Gasteiger partial charge on any atom is 0.163 e. The van der Waals surface area contributed by atoms with Gasteiger partial charge in [0, 0.05) is 34.6 Å². The molecular weight excluding hydrogens is 442 g/mol. The van der Waals surface area contributed by atoms with E-state index in [1.807, 2.05) is 30.3 Å². The quantitative estimate of drug-likeness (QED) is 0.306. The second-order valence-corrected chi connectivity index (χ2v) is 7.96. The number of hydrogen-bond acceptors (Lipinski definition) is 4. The van der Waals surface area contributed by atoms with Crippen LogP contribution < -0.4 is 5.32 Å². The molecule has 5 rings (SSSR count). The minimum absolute atomic E-state index is 0.00770. The van der Waals surface area contributed by atoms with Crippen molar-refractivity contribution in [1.82, 2.24) is 15.0 Å². The number of pyridine rings is 1. The van der Waals surface area contributed by atoms with Gasteiger partial charge in [-0.25, -0.2) is 18.7 Å². The number of nitrogens with zero attached hydrogens (tertiary/aromatic N) is 3. The fourth-order valence-electron chi connectivity index (χ4n) is 3.63. The van der Waals surface area contributed by atoms with Gasteiger partial charge >= 0.3 is 0 Å². The molecule has 0 fully saturated rings. The lowest BCUT2D eigenvalue weighted by molar-refractivity contribution is 0.619. The van der Waals surface area contributed by atoms with Gasteiger partial charge in [0.15, 0.2) is 5.82 Å². The van der Waals surface area contributed by atoms with Crippen LogP contribution in [-0.4, -0.2) is 15.0 Å². The molecule has 162 valence electrons. The summed E-state index contributed by atoms with van der Waals surface area (Å²) in [6.45, 7) is 1.73. The van der Waals surface area contributed by atoms with Crippen LogP contribution >= 0.6 is 11.6 Å². The molecule has 2 aromatic heterocycles. The van der Waals surface area contributed by atoms with E-state index >= 15 is 0 Å². The van der Waals surface area contributed by atoms with Gasteiger partial charge < -0.3 is 5.32 Å². The lowest BCUT2D eigenvalue weighted by Crippen LogP contribution is -2.01. The third kappa shape index (κ3) is 4.13. The van der Waals surface area contributed by atoms with Crippen LogP contribution in [-0.2, 0) is 0 Å². The molecule has 3 aromatic carbocycles. The smallest absolute Gasteiger partial charge is 0.163 e. The average Bonchev–Trinajstić information content (AvgIpc) is 2.83. The van der Waals surface area contributed by atoms with Crippen molar-refractivity contribution in [2.75, 3.05) is 5.32 Å². The average molecular weight is 459 g/mol. The van der Waals surface area contributed by atoms with Crippen molar-refractivity contribution in [1.29, 1.82) is 0 Å². The summed E-state index contributed by atoms with van der Waals surface area (Å²) < 4.78 is 27.6. The number of nitrogens with one attached hydrogen (secondary N) is 1. The van der Waals surface area contributed by atoms with Gasteiger partial charge in [0.25, 0.3) is 0 Å². The highest BCUT2D eigenvalue weighted by Crippen LogP contribution is 2.34. The molecule has 5 aromatic rings. The van der Waals surface area contributed by atoms with Gasteiger partial charge in [0.1, 0.15) is 17.5 Å². The normalized spacial score (nSPS) is 11.0. The highest BCUT2D eigenvalue weighted by molar-refractivity contribution is 6.31. The maximum atomic E-state index is 13.9. The molecule has 0 aliphatic carbocycles. The Morgan fingerprint density at radius 3 is 2.45 bits per heavy atom. The van der Waals surface area contributed by atoms with E-state index in [9.17, 15) is 8.78 Å². The van der Waals surface area contributed by atoms with E-state index < -0.39 is 5.82 Å². The van der Waals surface area contributed by atoms with Crippen molar-refractivity contribution >= 4 is 34.0 Å². The Bertz CT molecular complexity index is 1490. The number of hydrogen-bond donors (Lipinski definition) is 1. The first-order valence-electron chi connectivity index (χ1n) is 10.2. The van der Waals surface area contributed by atoms with Crippen molar-refractivity contribution in [2.45, 2.75) is 6.92 Å². The predicted octanol–water partition coefficient (Wildman–Crippen LogP) is 7.34. The molecule has 0 aliphatic rings. The van der Waals surface area contributed by atoms with Crippen molar-refractivity contribution in [3.63, 3.8) is 0 Å². The second-order valence-electron chi connectivity index (χ2n) is 7.56.